The number of nitrogens with one attached hydrogen (secondary N) is 1. The van der Waals surface area contributed by atoms with E-state index in [2.05, 4.69) is 10.3 Å². The fourth-order valence-corrected chi connectivity index (χ4v) is 3.63. The Morgan fingerprint density at radius 3 is 2.59 bits per heavy atom. The van der Waals surface area contributed by atoms with Crippen LogP contribution in [-0.4, -0.2) is 36.1 Å². The van der Waals surface area contributed by atoms with E-state index in [1.54, 1.807) is 39.0 Å². The molecule has 6 nitrogen and oxygen atoms in total. The van der Waals surface area contributed by atoms with Gasteiger partial charge in [-0.1, -0.05) is 47.1 Å². The summed E-state index contributed by atoms with van der Waals surface area (Å²) in [5, 5.41) is 4.21. The molecule has 0 fully saturated rings. The van der Waals surface area contributed by atoms with Crippen molar-refractivity contribution in [2.45, 2.75) is 26.8 Å². The summed E-state index contributed by atoms with van der Waals surface area (Å²) in [6, 6.07) is 4.47. The Balaban J connectivity index is 2.39. The number of nitrogens with zero attached hydrogens (tertiary/aromatic N) is 1. The summed E-state index contributed by atoms with van der Waals surface area (Å²) >= 11 is 13.7. The van der Waals surface area contributed by atoms with Crippen LogP contribution < -0.4 is 5.32 Å². The Kier molecular flexibility index (Phi) is 8.01. The van der Waals surface area contributed by atoms with Gasteiger partial charge in [-0.15, -0.1) is 0 Å². The molecule has 1 aliphatic rings. The van der Waals surface area contributed by atoms with Gasteiger partial charge in [0.05, 0.1) is 34.6 Å². The summed E-state index contributed by atoms with van der Waals surface area (Å²) in [7, 11) is 0. The van der Waals surface area contributed by atoms with Gasteiger partial charge in [-0.3, -0.25) is 4.79 Å². The van der Waals surface area contributed by atoms with Gasteiger partial charge in [0, 0.05) is 11.3 Å². The Morgan fingerprint density at radius 2 is 1.93 bits per heavy atom. The van der Waals surface area contributed by atoms with E-state index in [1.807, 2.05) is 0 Å². The molecule has 27 heavy (non-hydrogen) atoms. The number of hydrogen-bond acceptors (Lipinski definition) is 7. The second-order valence-corrected chi connectivity index (χ2v) is 7.21. The third kappa shape index (κ3) is 5.40. The Labute approximate surface area is 172 Å². The molecule has 0 radical (unpaired) electrons. The molecule has 1 aliphatic heterocycles. The average Bonchev–Trinajstić information content (AvgIpc) is 2.62. The number of halogens is 2. The lowest BCUT2D eigenvalue weighted by Crippen LogP contribution is -2.31. The van der Waals surface area contributed by atoms with E-state index in [1.165, 1.54) is 11.8 Å². The summed E-state index contributed by atoms with van der Waals surface area (Å²) in [4.78, 5) is 28.7. The van der Waals surface area contributed by atoms with E-state index in [0.29, 0.717) is 38.7 Å². The molecule has 146 valence electrons. The number of rotatable bonds is 6. The number of carbonyl (C=O) groups is 2. The lowest BCUT2D eigenvalue weighted by molar-refractivity contribution is -0.140. The van der Waals surface area contributed by atoms with Gasteiger partial charge < -0.3 is 14.8 Å². The zero-order valence-electron chi connectivity index (χ0n) is 15.2. The normalized spacial score (nSPS) is 16.5. The SMILES string of the molecule is CCOC(=O)CSC1=N[C@H](c2cccc(Cl)c2Cl)C(C(=O)OCC)=C(C)N1. The van der Waals surface area contributed by atoms with Crippen LogP contribution in [0.3, 0.4) is 0 Å². The fraction of sp³-hybridized carbons (Fsp3) is 0.389. The highest BCUT2D eigenvalue weighted by Crippen LogP contribution is 2.38. The van der Waals surface area contributed by atoms with E-state index < -0.39 is 12.0 Å². The van der Waals surface area contributed by atoms with Crippen LogP contribution in [0.25, 0.3) is 0 Å². The summed E-state index contributed by atoms with van der Waals surface area (Å²) in [5.74, 6) is -0.735. The third-order valence-corrected chi connectivity index (χ3v) is 5.32. The van der Waals surface area contributed by atoms with Gasteiger partial charge in [-0.2, -0.15) is 0 Å². The molecule has 1 N–H and O–H groups in total. The molecule has 0 spiro atoms. The standard InChI is InChI=1S/C18H20Cl2N2O4S/c1-4-25-13(23)9-27-18-21-10(3)14(17(24)26-5-2)16(22-18)11-7-6-8-12(19)15(11)20/h6-8,16H,4-5,9H2,1-3H3,(H,21,22)/t16-/m1/s1. The van der Waals surface area contributed by atoms with Gasteiger partial charge >= 0.3 is 11.9 Å². The van der Waals surface area contributed by atoms with E-state index >= 15 is 0 Å². The molecular formula is C18H20Cl2N2O4S. The number of thioether (sulfide) groups is 1. The number of amidine groups is 1. The third-order valence-electron chi connectivity index (χ3n) is 3.62. The zero-order chi connectivity index (χ0) is 20.0. The zero-order valence-corrected chi connectivity index (χ0v) is 17.5. The predicted octanol–water partition coefficient (Wildman–Crippen LogP) is 4.13. The molecule has 2 rings (SSSR count). The predicted molar refractivity (Wildman–Crippen MR) is 108 cm³/mol. The molecule has 0 saturated carbocycles. The number of hydrogen-bond donors (Lipinski definition) is 1. The van der Waals surface area contributed by atoms with Gasteiger partial charge in [-0.05, 0) is 26.8 Å². The van der Waals surface area contributed by atoms with Crippen molar-refractivity contribution in [3.8, 4) is 0 Å². The summed E-state index contributed by atoms with van der Waals surface area (Å²) in [6.45, 7) is 5.77. The van der Waals surface area contributed by atoms with Crippen molar-refractivity contribution in [2.24, 2.45) is 4.99 Å². The first-order valence-corrected chi connectivity index (χ1v) is 10.1. The highest BCUT2D eigenvalue weighted by Gasteiger charge is 2.32. The van der Waals surface area contributed by atoms with E-state index in [-0.39, 0.29) is 18.3 Å². The van der Waals surface area contributed by atoms with Crippen LogP contribution in [0.5, 0.6) is 0 Å². The first-order chi connectivity index (χ1) is 12.9. The minimum Gasteiger partial charge on any atom is -0.465 e. The topological polar surface area (TPSA) is 77.0 Å². The molecule has 9 heteroatoms. The minimum absolute atomic E-state index is 0.0949. The maximum absolute atomic E-state index is 12.5. The first kappa shape index (κ1) is 21.6. The highest BCUT2D eigenvalue weighted by molar-refractivity contribution is 8.14. The van der Waals surface area contributed by atoms with Gasteiger partial charge in [0.1, 0.15) is 6.04 Å². The van der Waals surface area contributed by atoms with Crippen LogP contribution in [0, 0.1) is 0 Å². The van der Waals surface area contributed by atoms with E-state index in [9.17, 15) is 9.59 Å². The largest absolute Gasteiger partial charge is 0.465 e. The first-order valence-electron chi connectivity index (χ1n) is 8.34. The number of aliphatic imine (C=N–C) groups is 1. The van der Waals surface area contributed by atoms with Gasteiger partial charge in [0.25, 0.3) is 0 Å². The van der Waals surface area contributed by atoms with Crippen molar-refractivity contribution >= 4 is 52.1 Å². The Bertz CT molecular complexity index is 796. The van der Waals surface area contributed by atoms with Crippen LogP contribution in [0.4, 0.5) is 0 Å². The van der Waals surface area contributed by atoms with E-state index in [4.69, 9.17) is 32.7 Å². The molecule has 0 aliphatic carbocycles. The second-order valence-electron chi connectivity index (χ2n) is 5.46. The van der Waals surface area contributed by atoms with Crippen LogP contribution in [0.15, 0.2) is 34.5 Å². The van der Waals surface area contributed by atoms with Crippen LogP contribution in [0.2, 0.25) is 10.0 Å². The number of ether oxygens (including phenoxy) is 2. The van der Waals surface area contributed by atoms with Crippen molar-refractivity contribution in [2.75, 3.05) is 19.0 Å². The van der Waals surface area contributed by atoms with Crippen LogP contribution in [0.1, 0.15) is 32.4 Å². The molecule has 1 aromatic rings. The fourth-order valence-electron chi connectivity index (χ4n) is 2.48. The molecule has 0 unspecified atom stereocenters. The Hall–Kier alpha value is -1.70. The lowest BCUT2D eigenvalue weighted by Gasteiger charge is -2.26. The van der Waals surface area contributed by atoms with Crippen molar-refractivity contribution in [3.63, 3.8) is 0 Å². The van der Waals surface area contributed by atoms with Crippen molar-refractivity contribution in [3.05, 3.63) is 45.1 Å². The summed E-state index contributed by atoms with van der Waals surface area (Å²) < 4.78 is 10.1. The highest BCUT2D eigenvalue weighted by atomic mass is 35.5. The molecule has 1 aromatic carbocycles. The maximum Gasteiger partial charge on any atom is 0.338 e. The van der Waals surface area contributed by atoms with Crippen LogP contribution in [-0.2, 0) is 19.1 Å². The Morgan fingerprint density at radius 1 is 1.22 bits per heavy atom. The lowest BCUT2D eigenvalue weighted by atomic mass is 9.96. The van der Waals surface area contributed by atoms with Crippen LogP contribution >= 0.6 is 35.0 Å². The van der Waals surface area contributed by atoms with Gasteiger partial charge in [-0.25, -0.2) is 9.79 Å². The van der Waals surface area contributed by atoms with Gasteiger partial charge in [0.15, 0.2) is 5.17 Å². The number of allylic oxidation sites excluding steroid dienone is 1. The van der Waals surface area contributed by atoms with Gasteiger partial charge in [0.2, 0.25) is 0 Å². The molecule has 0 bridgehead atoms. The molecule has 1 atom stereocenters. The maximum atomic E-state index is 12.5. The van der Waals surface area contributed by atoms with Crippen molar-refractivity contribution in [1.82, 2.24) is 5.32 Å². The number of benzene rings is 1. The molecular weight excluding hydrogens is 411 g/mol. The van der Waals surface area contributed by atoms with E-state index in [0.717, 1.165) is 0 Å². The second kappa shape index (κ2) is 10.0. The smallest absolute Gasteiger partial charge is 0.338 e. The minimum atomic E-state index is -0.693. The van der Waals surface area contributed by atoms with Crippen molar-refractivity contribution in [1.29, 1.82) is 0 Å². The average molecular weight is 431 g/mol. The molecule has 0 amide bonds. The summed E-state index contributed by atoms with van der Waals surface area (Å²) in [6.07, 6.45) is 0. The molecule has 1 heterocycles. The molecule has 0 aromatic heterocycles. The molecule has 0 saturated heterocycles. The monoisotopic (exact) mass is 430 g/mol. The summed E-state index contributed by atoms with van der Waals surface area (Å²) in [5.41, 5.74) is 1.51. The number of carbonyl (C=O) groups excluding carboxylic acids is 2. The quantitative estimate of drug-likeness (QED) is 0.683. The number of esters is 2. The van der Waals surface area contributed by atoms with Crippen molar-refractivity contribution < 1.29 is 19.1 Å².